The van der Waals surface area contributed by atoms with E-state index in [1.54, 1.807) is 11.9 Å². The molecule has 0 unspecified atom stereocenters. The molecule has 18 heavy (non-hydrogen) atoms. The molecule has 0 radical (unpaired) electrons. The van der Waals surface area contributed by atoms with E-state index in [1.165, 1.54) is 0 Å². The Kier molecular flexibility index (Phi) is 5.55. The SMILES string of the molecule is CCN(C)C(=O)CCN1CCO[C@H](C)[C@H]1C(N)=O. The van der Waals surface area contributed by atoms with Gasteiger partial charge in [-0.25, -0.2) is 0 Å². The molecule has 0 bridgehead atoms. The molecule has 0 spiro atoms. The lowest BCUT2D eigenvalue weighted by Crippen LogP contribution is -2.57. The number of carbonyl (C=O) groups is 2. The van der Waals surface area contributed by atoms with Gasteiger partial charge in [0.05, 0.1) is 12.7 Å². The van der Waals surface area contributed by atoms with E-state index in [-0.39, 0.29) is 12.0 Å². The van der Waals surface area contributed by atoms with Crippen LogP contribution >= 0.6 is 0 Å². The second-order valence-corrected chi connectivity index (χ2v) is 4.62. The number of ether oxygens (including phenoxy) is 1. The molecule has 1 aliphatic heterocycles. The van der Waals surface area contributed by atoms with Crippen molar-refractivity contribution in [3.8, 4) is 0 Å². The van der Waals surface area contributed by atoms with Crippen LogP contribution in [0.25, 0.3) is 0 Å². The van der Waals surface area contributed by atoms with E-state index >= 15 is 0 Å². The minimum Gasteiger partial charge on any atom is -0.375 e. The van der Waals surface area contributed by atoms with Crippen LogP contribution in [-0.4, -0.2) is 67.0 Å². The predicted octanol–water partition coefficient (Wildman–Crippen LogP) is -0.571. The summed E-state index contributed by atoms with van der Waals surface area (Å²) in [5, 5.41) is 0. The average molecular weight is 257 g/mol. The molecule has 2 amide bonds. The molecule has 2 N–H and O–H groups in total. The Balaban J connectivity index is 2.53. The first-order chi connectivity index (χ1) is 8.47. The quantitative estimate of drug-likeness (QED) is 0.715. The molecule has 1 fully saturated rings. The minimum atomic E-state index is -0.432. The zero-order valence-corrected chi connectivity index (χ0v) is 11.4. The first-order valence-corrected chi connectivity index (χ1v) is 6.36. The third-order valence-electron chi connectivity index (χ3n) is 3.40. The van der Waals surface area contributed by atoms with Crippen molar-refractivity contribution in [1.29, 1.82) is 0 Å². The van der Waals surface area contributed by atoms with E-state index in [4.69, 9.17) is 10.5 Å². The lowest BCUT2D eigenvalue weighted by molar-refractivity contribution is -0.138. The summed E-state index contributed by atoms with van der Waals surface area (Å²) in [6.45, 7) is 6.22. The number of rotatable bonds is 5. The van der Waals surface area contributed by atoms with Gasteiger partial charge >= 0.3 is 0 Å². The average Bonchev–Trinajstić information content (AvgIpc) is 2.34. The first-order valence-electron chi connectivity index (χ1n) is 6.36. The van der Waals surface area contributed by atoms with E-state index < -0.39 is 11.9 Å². The molecular formula is C12H23N3O3. The highest BCUT2D eigenvalue weighted by Crippen LogP contribution is 2.14. The van der Waals surface area contributed by atoms with Crippen molar-refractivity contribution < 1.29 is 14.3 Å². The number of hydrogen-bond acceptors (Lipinski definition) is 4. The van der Waals surface area contributed by atoms with E-state index in [0.717, 1.165) is 0 Å². The Bertz CT molecular complexity index is 309. The summed E-state index contributed by atoms with van der Waals surface area (Å²) in [6, 6.07) is -0.432. The zero-order chi connectivity index (χ0) is 13.7. The van der Waals surface area contributed by atoms with Crippen molar-refractivity contribution in [3.05, 3.63) is 0 Å². The lowest BCUT2D eigenvalue weighted by Gasteiger charge is -2.37. The van der Waals surface area contributed by atoms with Crippen LogP contribution in [0.3, 0.4) is 0 Å². The predicted molar refractivity (Wildman–Crippen MR) is 67.9 cm³/mol. The third kappa shape index (κ3) is 3.68. The third-order valence-corrected chi connectivity index (χ3v) is 3.40. The Labute approximate surface area is 108 Å². The maximum Gasteiger partial charge on any atom is 0.237 e. The van der Waals surface area contributed by atoms with Gasteiger partial charge in [0.2, 0.25) is 11.8 Å². The lowest BCUT2D eigenvalue weighted by atomic mass is 10.1. The van der Waals surface area contributed by atoms with Crippen LogP contribution in [0.1, 0.15) is 20.3 Å². The Morgan fingerprint density at radius 2 is 2.17 bits per heavy atom. The van der Waals surface area contributed by atoms with Gasteiger partial charge in [0.1, 0.15) is 6.04 Å². The number of morpholine rings is 1. The van der Waals surface area contributed by atoms with E-state index in [9.17, 15) is 9.59 Å². The van der Waals surface area contributed by atoms with E-state index in [1.807, 2.05) is 18.7 Å². The number of carbonyl (C=O) groups excluding carboxylic acids is 2. The second-order valence-electron chi connectivity index (χ2n) is 4.62. The molecule has 2 atom stereocenters. The van der Waals surface area contributed by atoms with Gasteiger partial charge in [0.15, 0.2) is 0 Å². The van der Waals surface area contributed by atoms with Crippen LogP contribution in [0.5, 0.6) is 0 Å². The highest BCUT2D eigenvalue weighted by molar-refractivity contribution is 5.81. The molecule has 0 saturated carbocycles. The summed E-state index contributed by atoms with van der Waals surface area (Å²) >= 11 is 0. The topological polar surface area (TPSA) is 75.9 Å². The van der Waals surface area contributed by atoms with Crippen molar-refractivity contribution in [2.45, 2.75) is 32.4 Å². The van der Waals surface area contributed by atoms with Gasteiger partial charge in [-0.1, -0.05) is 0 Å². The smallest absolute Gasteiger partial charge is 0.237 e. The van der Waals surface area contributed by atoms with Crippen molar-refractivity contribution >= 4 is 11.8 Å². The normalized spacial score (nSPS) is 24.8. The summed E-state index contributed by atoms with van der Waals surface area (Å²) < 4.78 is 5.42. The van der Waals surface area contributed by atoms with E-state index in [0.29, 0.717) is 32.7 Å². The van der Waals surface area contributed by atoms with Gasteiger partial charge < -0.3 is 15.4 Å². The fourth-order valence-corrected chi connectivity index (χ4v) is 2.15. The van der Waals surface area contributed by atoms with Crippen LogP contribution in [0, 0.1) is 0 Å². The molecule has 0 aromatic rings. The Morgan fingerprint density at radius 1 is 1.50 bits per heavy atom. The van der Waals surface area contributed by atoms with Gasteiger partial charge in [0, 0.05) is 33.1 Å². The van der Waals surface area contributed by atoms with Crippen LogP contribution in [-0.2, 0) is 14.3 Å². The largest absolute Gasteiger partial charge is 0.375 e. The molecule has 0 aliphatic carbocycles. The van der Waals surface area contributed by atoms with Crippen LogP contribution in [0.15, 0.2) is 0 Å². The maximum absolute atomic E-state index is 11.7. The first kappa shape index (κ1) is 14.9. The highest BCUT2D eigenvalue weighted by atomic mass is 16.5. The number of hydrogen-bond donors (Lipinski definition) is 1. The molecule has 1 saturated heterocycles. The molecule has 1 aliphatic rings. The van der Waals surface area contributed by atoms with Gasteiger partial charge in [-0.05, 0) is 13.8 Å². The number of nitrogens with two attached hydrogens (primary N) is 1. The molecule has 0 aromatic heterocycles. The second kappa shape index (κ2) is 6.70. The molecule has 104 valence electrons. The van der Waals surface area contributed by atoms with Crippen molar-refractivity contribution in [2.24, 2.45) is 5.73 Å². The standard InChI is InChI=1S/C12H23N3O3/c1-4-14(3)10(16)5-6-15-7-8-18-9(2)11(15)12(13)17/h9,11H,4-8H2,1-3H3,(H2,13,17)/t9-,11+/m1/s1. The molecule has 1 rings (SSSR count). The summed E-state index contributed by atoms with van der Waals surface area (Å²) in [6.07, 6.45) is 0.191. The number of primary amides is 1. The number of nitrogens with zero attached hydrogens (tertiary/aromatic N) is 2. The molecule has 0 aromatic carbocycles. The van der Waals surface area contributed by atoms with Gasteiger partial charge in [-0.15, -0.1) is 0 Å². The monoisotopic (exact) mass is 257 g/mol. The van der Waals surface area contributed by atoms with Gasteiger partial charge in [-0.3, -0.25) is 14.5 Å². The summed E-state index contributed by atoms with van der Waals surface area (Å²) in [5.74, 6) is -0.307. The van der Waals surface area contributed by atoms with Gasteiger partial charge in [-0.2, -0.15) is 0 Å². The van der Waals surface area contributed by atoms with Crippen molar-refractivity contribution in [1.82, 2.24) is 9.80 Å². The van der Waals surface area contributed by atoms with Crippen LogP contribution in [0.2, 0.25) is 0 Å². The molecule has 6 heteroatoms. The highest BCUT2D eigenvalue weighted by Gasteiger charge is 2.33. The zero-order valence-electron chi connectivity index (χ0n) is 11.4. The van der Waals surface area contributed by atoms with Gasteiger partial charge in [0.25, 0.3) is 0 Å². The van der Waals surface area contributed by atoms with E-state index in [2.05, 4.69) is 0 Å². The Morgan fingerprint density at radius 3 is 2.72 bits per heavy atom. The molecule has 6 nitrogen and oxygen atoms in total. The number of amides is 2. The molecular weight excluding hydrogens is 234 g/mol. The van der Waals surface area contributed by atoms with Crippen LogP contribution < -0.4 is 5.73 Å². The summed E-state index contributed by atoms with van der Waals surface area (Å²) in [5.41, 5.74) is 5.38. The molecule has 1 heterocycles. The fourth-order valence-electron chi connectivity index (χ4n) is 2.15. The Hall–Kier alpha value is -1.14. The fraction of sp³-hybridized carbons (Fsp3) is 0.833. The maximum atomic E-state index is 11.7. The van der Waals surface area contributed by atoms with Crippen LogP contribution in [0.4, 0.5) is 0 Å². The summed E-state index contributed by atoms with van der Waals surface area (Å²) in [4.78, 5) is 26.8. The van der Waals surface area contributed by atoms with Crippen molar-refractivity contribution in [3.63, 3.8) is 0 Å². The minimum absolute atomic E-state index is 0.0832. The summed E-state index contributed by atoms with van der Waals surface area (Å²) in [7, 11) is 1.77. The van der Waals surface area contributed by atoms with Crippen molar-refractivity contribution in [2.75, 3.05) is 33.3 Å².